The van der Waals surface area contributed by atoms with Crippen molar-refractivity contribution in [1.82, 2.24) is 4.90 Å². The Bertz CT molecular complexity index is 565. The van der Waals surface area contributed by atoms with Crippen molar-refractivity contribution in [2.45, 2.75) is 24.7 Å². The van der Waals surface area contributed by atoms with Crippen LogP contribution in [-0.2, 0) is 10.9 Å². The lowest BCUT2D eigenvalue weighted by Crippen LogP contribution is -2.38. The molecule has 1 saturated heterocycles. The van der Waals surface area contributed by atoms with Crippen molar-refractivity contribution in [3.05, 3.63) is 34.3 Å². The van der Waals surface area contributed by atoms with Crippen molar-refractivity contribution in [2.75, 3.05) is 20.3 Å². The maximum Gasteiger partial charge on any atom is 0.416 e. The van der Waals surface area contributed by atoms with Crippen LogP contribution in [0.3, 0.4) is 0 Å². The van der Waals surface area contributed by atoms with Crippen molar-refractivity contribution in [3.63, 3.8) is 0 Å². The Balaban J connectivity index is 2.26. The summed E-state index contributed by atoms with van der Waals surface area (Å²) in [5.74, 6) is -0.516. The molecule has 0 saturated carbocycles. The molecule has 0 aliphatic carbocycles. The van der Waals surface area contributed by atoms with E-state index < -0.39 is 23.7 Å². The van der Waals surface area contributed by atoms with Gasteiger partial charge in [0.1, 0.15) is 0 Å². The van der Waals surface area contributed by atoms with E-state index in [0.29, 0.717) is 6.42 Å². The van der Waals surface area contributed by atoms with Crippen LogP contribution in [0.2, 0.25) is 5.02 Å². The molecule has 0 spiro atoms. The van der Waals surface area contributed by atoms with Gasteiger partial charge in [-0.2, -0.15) is 13.2 Å². The molecule has 1 fully saturated rings. The topological polar surface area (TPSA) is 49.8 Å². The van der Waals surface area contributed by atoms with Crippen molar-refractivity contribution >= 4 is 17.5 Å². The van der Waals surface area contributed by atoms with E-state index in [1.54, 1.807) is 0 Å². The summed E-state index contributed by atoms with van der Waals surface area (Å²) in [6.07, 6.45) is -4.26. The average Bonchev–Trinajstić information content (AvgIpc) is 2.88. The molecule has 0 bridgehead atoms. The van der Waals surface area contributed by atoms with Crippen molar-refractivity contribution < 1.29 is 27.8 Å². The minimum atomic E-state index is -4.52. The molecule has 8 heteroatoms. The third-order valence-corrected chi connectivity index (χ3v) is 4.02. The van der Waals surface area contributed by atoms with E-state index >= 15 is 0 Å². The molecule has 1 N–H and O–H groups in total. The van der Waals surface area contributed by atoms with Crippen LogP contribution >= 0.6 is 11.6 Å². The molecule has 2 rings (SSSR count). The van der Waals surface area contributed by atoms with Gasteiger partial charge < -0.3 is 14.7 Å². The molecule has 1 aliphatic heterocycles. The fraction of sp³-hybridized carbons (Fsp3) is 0.500. The summed E-state index contributed by atoms with van der Waals surface area (Å²) in [5, 5.41) is 9.07. The molecule has 122 valence electrons. The van der Waals surface area contributed by atoms with Gasteiger partial charge >= 0.3 is 6.18 Å². The molecule has 2 atom stereocenters. The van der Waals surface area contributed by atoms with Crippen LogP contribution in [0.15, 0.2) is 18.2 Å². The minimum absolute atomic E-state index is 0.0233. The van der Waals surface area contributed by atoms with Gasteiger partial charge in [0.25, 0.3) is 5.91 Å². The van der Waals surface area contributed by atoms with Gasteiger partial charge in [-0.05, 0) is 24.6 Å². The number of hydrogen-bond donors (Lipinski definition) is 1. The summed E-state index contributed by atoms with van der Waals surface area (Å²) in [5.41, 5.74) is -0.936. The van der Waals surface area contributed by atoms with Gasteiger partial charge in [-0.1, -0.05) is 11.6 Å². The lowest BCUT2D eigenvalue weighted by atomic mass is 10.1. The number of benzene rings is 1. The van der Waals surface area contributed by atoms with Crippen LogP contribution in [0.1, 0.15) is 22.3 Å². The molecule has 1 aromatic carbocycles. The molecule has 0 radical (unpaired) electrons. The van der Waals surface area contributed by atoms with Crippen molar-refractivity contribution in [1.29, 1.82) is 0 Å². The number of methoxy groups -OCH3 is 1. The fourth-order valence-electron chi connectivity index (χ4n) is 2.49. The Morgan fingerprint density at radius 1 is 1.50 bits per heavy atom. The minimum Gasteiger partial charge on any atom is -0.394 e. The van der Waals surface area contributed by atoms with E-state index in [-0.39, 0.29) is 29.8 Å². The molecule has 0 unspecified atom stereocenters. The number of halogens is 4. The highest BCUT2D eigenvalue weighted by atomic mass is 35.5. The molecule has 4 nitrogen and oxygen atoms in total. The highest BCUT2D eigenvalue weighted by molar-refractivity contribution is 6.33. The number of ether oxygens (including phenoxy) is 1. The molecular weight excluding hydrogens is 323 g/mol. The Kier molecular flexibility index (Phi) is 4.99. The Morgan fingerprint density at radius 3 is 2.68 bits per heavy atom. The maximum absolute atomic E-state index is 12.6. The summed E-state index contributed by atoms with van der Waals surface area (Å²) in [6, 6.07) is 2.17. The summed E-state index contributed by atoms with van der Waals surface area (Å²) in [4.78, 5) is 13.8. The number of alkyl halides is 3. The van der Waals surface area contributed by atoms with E-state index in [0.717, 1.165) is 18.2 Å². The molecule has 1 amide bonds. The SMILES string of the molecule is CO[C@@H]1C[C@@H](CO)N(C(=O)c2ccc(C(F)(F)F)cc2Cl)C1. The summed E-state index contributed by atoms with van der Waals surface area (Å²) in [6.45, 7) is 0.0156. The second-order valence-corrected chi connectivity index (χ2v) is 5.49. The first kappa shape index (κ1) is 17.1. The van der Waals surface area contributed by atoms with Crippen LogP contribution in [0.4, 0.5) is 13.2 Å². The van der Waals surface area contributed by atoms with Gasteiger partial charge in [-0.15, -0.1) is 0 Å². The fourth-order valence-corrected chi connectivity index (χ4v) is 2.75. The predicted molar refractivity (Wildman–Crippen MR) is 73.8 cm³/mol. The van der Waals surface area contributed by atoms with E-state index in [2.05, 4.69) is 0 Å². The monoisotopic (exact) mass is 337 g/mol. The average molecular weight is 338 g/mol. The number of nitrogens with zero attached hydrogens (tertiary/aromatic N) is 1. The summed E-state index contributed by atoms with van der Waals surface area (Å²) in [7, 11) is 1.50. The van der Waals surface area contributed by atoms with Crippen molar-refractivity contribution in [3.8, 4) is 0 Å². The lowest BCUT2D eigenvalue weighted by molar-refractivity contribution is -0.137. The van der Waals surface area contributed by atoms with Crippen LogP contribution in [-0.4, -0.2) is 48.3 Å². The Morgan fingerprint density at radius 2 is 2.18 bits per heavy atom. The van der Waals surface area contributed by atoms with Crippen molar-refractivity contribution in [2.24, 2.45) is 0 Å². The Labute approximate surface area is 130 Å². The van der Waals surface area contributed by atoms with Gasteiger partial charge in [0, 0.05) is 13.7 Å². The van der Waals surface area contributed by atoms with Crippen LogP contribution < -0.4 is 0 Å². The number of aliphatic hydroxyl groups is 1. The number of aliphatic hydroxyl groups excluding tert-OH is 1. The molecule has 1 aromatic rings. The van der Waals surface area contributed by atoms with Crippen LogP contribution in [0.25, 0.3) is 0 Å². The zero-order valence-electron chi connectivity index (χ0n) is 11.7. The first-order valence-electron chi connectivity index (χ1n) is 6.59. The zero-order chi connectivity index (χ0) is 16.5. The first-order chi connectivity index (χ1) is 10.3. The number of amides is 1. The largest absolute Gasteiger partial charge is 0.416 e. The van der Waals surface area contributed by atoms with Gasteiger partial charge in [-0.3, -0.25) is 4.79 Å². The third-order valence-electron chi connectivity index (χ3n) is 3.71. The standard InChI is InChI=1S/C14H15ClF3NO3/c1-22-10-5-9(7-20)19(6-10)13(21)11-3-2-8(4-12(11)15)14(16,17)18/h2-4,9-10,20H,5-7H2,1H3/t9-,10+/m0/s1. The number of carbonyl (C=O) groups is 1. The van der Waals surface area contributed by atoms with E-state index in [1.807, 2.05) is 0 Å². The number of carbonyl (C=O) groups excluding carboxylic acids is 1. The van der Waals surface area contributed by atoms with Gasteiger partial charge in [0.05, 0.1) is 34.9 Å². The van der Waals surface area contributed by atoms with E-state index in [4.69, 9.17) is 16.3 Å². The third kappa shape index (κ3) is 3.37. The number of hydrogen-bond acceptors (Lipinski definition) is 3. The first-order valence-corrected chi connectivity index (χ1v) is 6.97. The summed E-state index contributed by atoms with van der Waals surface area (Å²) >= 11 is 5.83. The molecule has 22 heavy (non-hydrogen) atoms. The van der Waals surface area contributed by atoms with Crippen LogP contribution in [0, 0.1) is 0 Å². The molecular formula is C14H15ClF3NO3. The molecule has 1 aliphatic rings. The second kappa shape index (κ2) is 6.44. The van der Waals surface area contributed by atoms with Gasteiger partial charge in [-0.25, -0.2) is 0 Å². The number of likely N-dealkylation sites (tertiary alicyclic amines) is 1. The van der Waals surface area contributed by atoms with E-state index in [9.17, 15) is 23.1 Å². The Hall–Kier alpha value is -1.31. The smallest absolute Gasteiger partial charge is 0.394 e. The quantitative estimate of drug-likeness (QED) is 0.922. The van der Waals surface area contributed by atoms with Crippen LogP contribution in [0.5, 0.6) is 0 Å². The number of rotatable bonds is 3. The summed E-state index contributed by atoms with van der Waals surface area (Å²) < 4.78 is 43.0. The highest BCUT2D eigenvalue weighted by Crippen LogP contribution is 2.33. The highest BCUT2D eigenvalue weighted by Gasteiger charge is 2.37. The molecule has 0 aromatic heterocycles. The maximum atomic E-state index is 12.6. The normalized spacial score (nSPS) is 22.2. The van der Waals surface area contributed by atoms with Gasteiger partial charge in [0.15, 0.2) is 0 Å². The zero-order valence-corrected chi connectivity index (χ0v) is 12.5. The predicted octanol–water partition coefficient (Wildman–Crippen LogP) is 2.58. The molecule has 1 heterocycles. The van der Waals surface area contributed by atoms with E-state index in [1.165, 1.54) is 12.0 Å². The lowest BCUT2D eigenvalue weighted by Gasteiger charge is -2.23. The second-order valence-electron chi connectivity index (χ2n) is 5.08. The van der Waals surface area contributed by atoms with Gasteiger partial charge in [0.2, 0.25) is 0 Å².